The Labute approximate surface area is 117 Å². The number of aromatic amines is 1. The Morgan fingerprint density at radius 2 is 2.16 bits per heavy atom. The van der Waals surface area contributed by atoms with E-state index in [-0.39, 0.29) is 0 Å². The van der Waals surface area contributed by atoms with Crippen LogP contribution in [-0.4, -0.2) is 33.0 Å². The standard InChI is InChI=1S/C14H18N4S/c1-2-5-11(6-3-1)14-13(16-18-17-14)10-15-9-12-7-4-8-19-12/h1-3,5-6,12,15H,4,7-10H2,(H,16,17,18). The summed E-state index contributed by atoms with van der Waals surface area (Å²) < 4.78 is 0. The molecule has 19 heavy (non-hydrogen) atoms. The second-order valence-electron chi connectivity index (χ2n) is 4.75. The summed E-state index contributed by atoms with van der Waals surface area (Å²) >= 11 is 2.07. The van der Waals surface area contributed by atoms with Gasteiger partial charge in [-0.3, -0.25) is 0 Å². The zero-order chi connectivity index (χ0) is 12.9. The fourth-order valence-electron chi connectivity index (χ4n) is 2.36. The van der Waals surface area contributed by atoms with Crippen LogP contribution >= 0.6 is 11.8 Å². The molecule has 100 valence electrons. The fourth-order valence-corrected chi connectivity index (χ4v) is 3.60. The lowest BCUT2D eigenvalue weighted by Gasteiger charge is -2.09. The summed E-state index contributed by atoms with van der Waals surface area (Å²) in [7, 11) is 0. The van der Waals surface area contributed by atoms with Gasteiger partial charge in [-0.2, -0.15) is 27.2 Å². The van der Waals surface area contributed by atoms with Crippen LogP contribution in [0, 0.1) is 0 Å². The predicted octanol–water partition coefficient (Wildman–Crippen LogP) is 2.46. The Morgan fingerprint density at radius 1 is 1.26 bits per heavy atom. The first-order chi connectivity index (χ1) is 9.43. The van der Waals surface area contributed by atoms with Crippen molar-refractivity contribution in [1.82, 2.24) is 20.7 Å². The molecule has 1 aromatic heterocycles. The van der Waals surface area contributed by atoms with Crippen LogP contribution in [0.5, 0.6) is 0 Å². The zero-order valence-corrected chi connectivity index (χ0v) is 11.6. The van der Waals surface area contributed by atoms with E-state index in [2.05, 4.69) is 44.6 Å². The third-order valence-corrected chi connectivity index (χ3v) is 4.75. The molecule has 2 heterocycles. The summed E-state index contributed by atoms with van der Waals surface area (Å²) in [4.78, 5) is 0. The second-order valence-corrected chi connectivity index (χ2v) is 6.16. The largest absolute Gasteiger partial charge is 0.310 e. The van der Waals surface area contributed by atoms with Gasteiger partial charge in [0.05, 0.1) is 0 Å². The number of hydrogen-bond acceptors (Lipinski definition) is 4. The first-order valence-corrected chi connectivity index (χ1v) is 7.76. The topological polar surface area (TPSA) is 53.6 Å². The predicted molar refractivity (Wildman–Crippen MR) is 79.0 cm³/mol. The molecule has 0 aliphatic carbocycles. The Morgan fingerprint density at radius 3 is 2.95 bits per heavy atom. The molecule has 1 fully saturated rings. The quantitative estimate of drug-likeness (QED) is 0.879. The normalized spacial score (nSPS) is 18.8. The zero-order valence-electron chi connectivity index (χ0n) is 10.8. The van der Waals surface area contributed by atoms with Crippen molar-refractivity contribution in [3.05, 3.63) is 36.0 Å². The van der Waals surface area contributed by atoms with Crippen LogP contribution in [0.3, 0.4) is 0 Å². The molecular weight excluding hydrogens is 256 g/mol. The monoisotopic (exact) mass is 274 g/mol. The van der Waals surface area contributed by atoms with E-state index in [4.69, 9.17) is 0 Å². The number of aromatic nitrogens is 3. The van der Waals surface area contributed by atoms with Crippen molar-refractivity contribution in [1.29, 1.82) is 0 Å². The van der Waals surface area contributed by atoms with Gasteiger partial charge in [-0.05, 0) is 18.6 Å². The van der Waals surface area contributed by atoms with Gasteiger partial charge in [0.1, 0.15) is 11.4 Å². The molecule has 5 heteroatoms. The van der Waals surface area contributed by atoms with Crippen LogP contribution in [0.1, 0.15) is 18.5 Å². The minimum atomic E-state index is 0.770. The number of rotatable bonds is 5. The lowest BCUT2D eigenvalue weighted by Crippen LogP contribution is -2.23. The molecule has 1 saturated heterocycles. The average molecular weight is 274 g/mol. The van der Waals surface area contributed by atoms with Crippen LogP contribution in [0.25, 0.3) is 11.3 Å². The maximum absolute atomic E-state index is 4.26. The van der Waals surface area contributed by atoms with Crippen LogP contribution in [0.15, 0.2) is 30.3 Å². The molecule has 4 nitrogen and oxygen atoms in total. The molecule has 1 atom stereocenters. The lowest BCUT2D eigenvalue weighted by atomic mass is 10.1. The highest BCUT2D eigenvalue weighted by atomic mass is 32.2. The molecule has 0 spiro atoms. The smallest absolute Gasteiger partial charge is 0.117 e. The number of nitrogens with one attached hydrogen (secondary N) is 2. The second kappa shape index (κ2) is 6.21. The van der Waals surface area contributed by atoms with Gasteiger partial charge in [-0.1, -0.05) is 30.3 Å². The highest BCUT2D eigenvalue weighted by molar-refractivity contribution is 8.00. The maximum Gasteiger partial charge on any atom is 0.117 e. The molecule has 2 aromatic rings. The highest BCUT2D eigenvalue weighted by Crippen LogP contribution is 2.25. The Balaban J connectivity index is 1.61. The van der Waals surface area contributed by atoms with Crippen molar-refractivity contribution in [2.75, 3.05) is 12.3 Å². The number of benzene rings is 1. The van der Waals surface area contributed by atoms with Gasteiger partial charge in [0, 0.05) is 23.9 Å². The van der Waals surface area contributed by atoms with E-state index < -0.39 is 0 Å². The third kappa shape index (κ3) is 3.16. The van der Waals surface area contributed by atoms with E-state index in [1.54, 1.807) is 0 Å². The fraction of sp³-hybridized carbons (Fsp3) is 0.429. The van der Waals surface area contributed by atoms with Crippen molar-refractivity contribution in [3.8, 4) is 11.3 Å². The van der Waals surface area contributed by atoms with Crippen molar-refractivity contribution < 1.29 is 0 Å². The minimum Gasteiger partial charge on any atom is -0.310 e. The molecule has 1 aliphatic heterocycles. The van der Waals surface area contributed by atoms with E-state index in [1.807, 2.05) is 18.2 Å². The average Bonchev–Trinajstić information content (AvgIpc) is 3.11. The summed E-state index contributed by atoms with van der Waals surface area (Å²) in [5, 5.41) is 15.5. The van der Waals surface area contributed by atoms with E-state index >= 15 is 0 Å². The summed E-state index contributed by atoms with van der Waals surface area (Å²) in [6.45, 7) is 1.84. The summed E-state index contributed by atoms with van der Waals surface area (Å²) in [6.07, 6.45) is 2.69. The molecule has 1 aromatic carbocycles. The van der Waals surface area contributed by atoms with E-state index in [9.17, 15) is 0 Å². The molecule has 0 saturated carbocycles. The SMILES string of the molecule is c1ccc(-c2n[nH]nc2CNCC2CCCS2)cc1. The first kappa shape index (κ1) is 12.7. The van der Waals surface area contributed by atoms with Crippen LogP contribution in [0.4, 0.5) is 0 Å². The highest BCUT2D eigenvalue weighted by Gasteiger charge is 2.15. The van der Waals surface area contributed by atoms with Crippen molar-refractivity contribution >= 4 is 11.8 Å². The Kier molecular flexibility index (Phi) is 4.15. The van der Waals surface area contributed by atoms with Crippen LogP contribution < -0.4 is 5.32 Å². The summed E-state index contributed by atoms with van der Waals surface area (Å²) in [5.41, 5.74) is 3.06. The van der Waals surface area contributed by atoms with Gasteiger partial charge >= 0.3 is 0 Å². The van der Waals surface area contributed by atoms with Gasteiger partial charge in [-0.25, -0.2) is 0 Å². The van der Waals surface area contributed by atoms with E-state index in [1.165, 1.54) is 18.6 Å². The molecule has 0 amide bonds. The molecule has 3 rings (SSSR count). The number of nitrogens with zero attached hydrogens (tertiary/aromatic N) is 2. The molecule has 0 bridgehead atoms. The van der Waals surface area contributed by atoms with Crippen molar-refractivity contribution in [2.24, 2.45) is 0 Å². The van der Waals surface area contributed by atoms with Crippen LogP contribution in [0.2, 0.25) is 0 Å². The van der Waals surface area contributed by atoms with Gasteiger partial charge < -0.3 is 5.32 Å². The Hall–Kier alpha value is -1.33. The summed E-state index contributed by atoms with van der Waals surface area (Å²) in [6, 6.07) is 10.2. The number of H-pyrrole nitrogens is 1. The third-order valence-electron chi connectivity index (χ3n) is 3.36. The van der Waals surface area contributed by atoms with Crippen molar-refractivity contribution in [3.63, 3.8) is 0 Å². The minimum absolute atomic E-state index is 0.770. The lowest BCUT2D eigenvalue weighted by molar-refractivity contribution is 0.637. The molecule has 2 N–H and O–H groups in total. The summed E-state index contributed by atoms with van der Waals surface area (Å²) in [5.74, 6) is 1.31. The van der Waals surface area contributed by atoms with Crippen molar-refractivity contribution in [2.45, 2.75) is 24.6 Å². The van der Waals surface area contributed by atoms with Gasteiger partial charge in [0.25, 0.3) is 0 Å². The molecular formula is C14H18N4S. The van der Waals surface area contributed by atoms with E-state index in [0.29, 0.717) is 0 Å². The van der Waals surface area contributed by atoms with Gasteiger partial charge in [0.15, 0.2) is 0 Å². The number of thioether (sulfide) groups is 1. The molecule has 0 radical (unpaired) electrons. The number of hydrogen-bond donors (Lipinski definition) is 2. The molecule has 1 aliphatic rings. The van der Waals surface area contributed by atoms with Crippen LogP contribution in [-0.2, 0) is 6.54 Å². The Bertz CT molecular complexity index is 505. The molecule has 1 unspecified atom stereocenters. The first-order valence-electron chi connectivity index (χ1n) is 6.71. The van der Waals surface area contributed by atoms with Gasteiger partial charge in [0.2, 0.25) is 0 Å². The maximum atomic E-state index is 4.26. The van der Waals surface area contributed by atoms with Gasteiger partial charge in [-0.15, -0.1) is 0 Å². The van der Waals surface area contributed by atoms with E-state index in [0.717, 1.165) is 35.3 Å².